The van der Waals surface area contributed by atoms with Crippen LogP contribution >= 0.6 is 47.0 Å². The first-order valence-corrected chi connectivity index (χ1v) is 44.3. The van der Waals surface area contributed by atoms with Crippen molar-refractivity contribution in [2.45, 2.75) is 116 Å². The minimum absolute atomic E-state index is 0.0503. The summed E-state index contributed by atoms with van der Waals surface area (Å²) in [6.07, 6.45) is 0. The average molecular weight is 1590 g/mol. The van der Waals surface area contributed by atoms with Gasteiger partial charge in [0, 0.05) is 60.8 Å². The third-order valence-electron chi connectivity index (χ3n) is 26.1. The number of benzene rings is 18. The Bertz CT molecular complexity index is 6980. The van der Waals surface area contributed by atoms with Crippen LogP contribution < -0.4 is 32.8 Å². The van der Waals surface area contributed by atoms with E-state index in [1.165, 1.54) is 160 Å². The van der Waals surface area contributed by atoms with Gasteiger partial charge in [0.25, 0.3) is 0 Å². The molecule has 0 N–H and O–H groups in total. The summed E-state index contributed by atoms with van der Waals surface area (Å²) in [6.45, 7) is 18.9. The zero-order valence-electron chi connectivity index (χ0n) is 72.2. The Morgan fingerprint density at radius 2 is 0.424 bits per heavy atom. The van der Waals surface area contributed by atoms with E-state index >= 15 is 0 Å². The number of rotatable bonds is 12. The highest BCUT2D eigenvalue weighted by Gasteiger charge is 2.43. The first kappa shape index (κ1) is 68.6. The molecule has 4 aliphatic rings. The number of hydrogen-bond acceptors (Lipinski definition) is 4. The van der Waals surface area contributed by atoms with Gasteiger partial charge in [-0.15, -0.1) is 0 Å². The third kappa shape index (κ3) is 12.4. The summed E-state index contributed by atoms with van der Waals surface area (Å²) in [4.78, 5) is 10.4. The van der Waals surface area contributed by atoms with Gasteiger partial charge in [-0.3, -0.25) is 0 Å². The van der Waals surface area contributed by atoms with E-state index in [9.17, 15) is 0 Å². The first-order chi connectivity index (χ1) is 59.6. The van der Waals surface area contributed by atoms with Crippen LogP contribution in [0.3, 0.4) is 0 Å². The van der Waals surface area contributed by atoms with Crippen molar-refractivity contribution in [2.24, 2.45) is 0 Å². The van der Waals surface area contributed by atoms with Gasteiger partial charge in [-0.1, -0.05) is 452 Å². The normalized spacial score (nSPS) is 13.8. The largest absolute Gasteiger partial charge is 0.247 e. The monoisotopic (exact) mass is 1590 g/mol. The predicted octanol–water partition coefficient (Wildman–Crippen LogP) is 26.8. The van der Waals surface area contributed by atoms with E-state index in [4.69, 9.17) is 6.85 Å². The molecule has 0 nitrogen and oxygen atoms in total. The maximum absolute atomic E-state index is 9.07. The molecular weight excluding hydrogens is 1500 g/mol. The zero-order chi connectivity index (χ0) is 84.1. The molecule has 0 saturated heterocycles. The topological polar surface area (TPSA) is 0 Å². The quantitative estimate of drug-likeness (QED) is 0.0883. The number of hydrogen-bond donors (Lipinski definition) is 0. The van der Waals surface area contributed by atoms with Gasteiger partial charge in [0.15, 0.2) is 0 Å². The molecule has 0 aliphatic carbocycles. The fourth-order valence-electron chi connectivity index (χ4n) is 19.4. The van der Waals surface area contributed by atoms with Crippen LogP contribution in [0, 0.1) is 0 Å². The maximum atomic E-state index is 9.07. The van der Waals surface area contributed by atoms with E-state index in [2.05, 4.69) is 365 Å². The van der Waals surface area contributed by atoms with Gasteiger partial charge in [-0.25, -0.2) is 0 Å². The van der Waals surface area contributed by atoms with Crippen LogP contribution in [0.1, 0.15) is 107 Å². The molecule has 0 bridgehead atoms. The van der Waals surface area contributed by atoms with Gasteiger partial charge < -0.3 is 0 Å². The summed E-state index contributed by atoms with van der Waals surface area (Å²) >= 11 is 7.64. The Kier molecular flexibility index (Phi) is 17.0. The molecule has 0 radical (unpaired) electrons. The molecule has 118 heavy (non-hydrogen) atoms. The zero-order valence-corrected chi connectivity index (χ0v) is 70.5. The number of fused-ring (bicyclic) bond motifs is 12. The second-order valence-corrected chi connectivity index (χ2v) is 38.4. The van der Waals surface area contributed by atoms with E-state index in [1.807, 2.05) is 83.4 Å². The maximum Gasteiger partial charge on any atom is 0.247 e. The smallest absolute Gasteiger partial charge is 0.0911 e. The van der Waals surface area contributed by atoms with Crippen LogP contribution in [0.2, 0.25) is 0 Å². The first-order valence-electron chi connectivity index (χ1n) is 43.5. The lowest BCUT2D eigenvalue weighted by molar-refractivity contribution is 0.639. The fourth-order valence-corrected chi connectivity index (χ4v) is 24.5. The van der Waals surface area contributed by atoms with Crippen molar-refractivity contribution in [3.63, 3.8) is 0 Å². The van der Waals surface area contributed by atoms with E-state index in [0.717, 1.165) is 32.7 Å². The summed E-state index contributed by atoms with van der Waals surface area (Å²) in [5.41, 5.74) is 26.2. The van der Waals surface area contributed by atoms with E-state index in [0.29, 0.717) is 5.56 Å². The van der Waals surface area contributed by atoms with Crippen LogP contribution in [0.15, 0.2) is 415 Å². The second-order valence-electron chi connectivity index (χ2n) is 34.1. The van der Waals surface area contributed by atoms with E-state index in [-0.39, 0.29) is 64.8 Å². The molecule has 4 aliphatic heterocycles. The van der Waals surface area contributed by atoms with Crippen molar-refractivity contribution < 1.29 is 6.85 Å². The Morgan fingerprint density at radius 3 is 0.678 bits per heavy atom. The Morgan fingerprint density at radius 1 is 0.203 bits per heavy atom. The van der Waals surface area contributed by atoms with Crippen molar-refractivity contribution in [2.75, 3.05) is 0 Å². The third-order valence-corrected chi connectivity index (χ3v) is 30.6. The van der Waals surface area contributed by atoms with Gasteiger partial charge >= 0.3 is 0 Å². The van der Waals surface area contributed by atoms with Crippen molar-refractivity contribution >= 4 is 136 Å². The molecule has 0 saturated carbocycles. The Labute approximate surface area is 718 Å². The molecule has 0 amide bonds. The Hall–Kier alpha value is -11.5. The van der Waals surface area contributed by atoms with Gasteiger partial charge in [0.1, 0.15) is 0 Å². The standard InChI is InChI=1S/2C56H43BS2/c2*1-55(2,38-20-10-6-11-21-38)40-28-30-46-48(34-40)58-50-32-37(53-44-26-16-14-24-42(44)52(36-18-8-5-9-19-36)43-25-15-17-27-45(43)53)33-51-54(50)57(46)47-31-29-41(35-49(47)59-51)56(3,4)39-22-12-7-13-23-39/h2*5-35H,1-4H3/i5D,8D,9D,18D,19D;. The molecule has 564 valence electrons. The highest BCUT2D eigenvalue weighted by Crippen LogP contribution is 2.52. The molecular formula is C112H86B2S4. The highest BCUT2D eigenvalue weighted by molar-refractivity contribution is 8.02. The van der Waals surface area contributed by atoms with Crippen LogP contribution in [0.5, 0.6) is 0 Å². The summed E-state index contributed by atoms with van der Waals surface area (Å²) in [7, 11) is 0. The lowest BCUT2D eigenvalue weighted by atomic mass is 9.36. The summed E-state index contributed by atoms with van der Waals surface area (Å²) in [5.74, 6) is 0. The minimum Gasteiger partial charge on any atom is -0.0911 e. The van der Waals surface area contributed by atoms with Crippen LogP contribution in [-0.4, -0.2) is 13.4 Å². The van der Waals surface area contributed by atoms with Gasteiger partial charge in [-0.05, 0) is 192 Å². The molecule has 0 atom stereocenters. The van der Waals surface area contributed by atoms with Crippen LogP contribution in [0.4, 0.5) is 0 Å². The van der Waals surface area contributed by atoms with E-state index in [1.54, 1.807) is 0 Å². The Balaban J connectivity index is 0.000000152. The van der Waals surface area contributed by atoms with E-state index < -0.39 is 6.04 Å². The lowest BCUT2D eigenvalue weighted by Crippen LogP contribution is -2.58. The van der Waals surface area contributed by atoms with Crippen LogP contribution in [-0.2, 0) is 21.7 Å². The van der Waals surface area contributed by atoms with Crippen molar-refractivity contribution in [3.05, 3.63) is 421 Å². The molecule has 22 rings (SSSR count). The summed E-state index contributed by atoms with van der Waals surface area (Å²) in [6, 6.07) is 126. The summed E-state index contributed by atoms with van der Waals surface area (Å²) < 4.78 is 43.7. The SMILES string of the molecule is CC(C)(c1ccccc1)c1ccc2c(c1)Sc1cc(-c3c4ccccc4c(-c4ccccc4)c4ccccc34)cc3c1B2c1ccc(C(C)(C)c2ccccc2)cc1S3.[2H]c1c([2H])c([2H])c(-c2c3ccccc3c(-c3cc4c5c(c3)Sc3cc(C(C)(C)c6ccccc6)ccc3B5c3ccc(C(C)(C)c5ccccc5)cc3S4)c3ccccc23)c([2H])c1[2H]. The van der Waals surface area contributed by atoms with Gasteiger partial charge in [0.2, 0.25) is 13.4 Å². The predicted molar refractivity (Wildman–Crippen MR) is 511 cm³/mol. The highest BCUT2D eigenvalue weighted by atomic mass is 32.2. The average Bonchev–Trinajstić information content (AvgIpc) is 0.712. The fraction of sp³-hybridized carbons (Fsp3) is 0.107. The molecule has 0 unspecified atom stereocenters. The molecule has 18 aromatic carbocycles. The van der Waals surface area contributed by atoms with Crippen molar-refractivity contribution in [1.82, 2.24) is 0 Å². The summed E-state index contributed by atoms with van der Waals surface area (Å²) in [5, 5.41) is 8.76. The molecule has 18 aromatic rings. The molecule has 4 heterocycles. The molecule has 0 aromatic heterocycles. The van der Waals surface area contributed by atoms with Crippen molar-refractivity contribution in [3.8, 4) is 44.5 Å². The molecule has 0 fully saturated rings. The van der Waals surface area contributed by atoms with Crippen molar-refractivity contribution in [1.29, 1.82) is 0 Å². The molecule has 0 spiro atoms. The van der Waals surface area contributed by atoms with Gasteiger partial charge in [-0.2, -0.15) is 0 Å². The molecule has 6 heteroatoms. The lowest BCUT2D eigenvalue weighted by Gasteiger charge is -2.36. The second kappa shape index (κ2) is 29.3. The van der Waals surface area contributed by atoms with Gasteiger partial charge in [0.05, 0.1) is 6.85 Å². The van der Waals surface area contributed by atoms with Crippen LogP contribution in [0.25, 0.3) is 87.6 Å². The minimum atomic E-state index is -0.394.